The Morgan fingerprint density at radius 2 is 2.14 bits per heavy atom. The number of aromatic nitrogens is 2. The molecule has 0 radical (unpaired) electrons. The lowest BCUT2D eigenvalue weighted by Crippen LogP contribution is -2.52. The molecular formula is C11H13N3O7. The summed E-state index contributed by atoms with van der Waals surface area (Å²) in [7, 11) is 0. The number of ether oxygens (including phenoxy) is 1. The summed E-state index contributed by atoms with van der Waals surface area (Å²) in [5.41, 5.74) is 1.80. The summed E-state index contributed by atoms with van der Waals surface area (Å²) in [4.78, 5) is 37.5. The number of aldehydes is 2. The molecule has 1 fully saturated rings. The van der Waals surface area contributed by atoms with Gasteiger partial charge in [-0.2, -0.15) is 4.98 Å². The Morgan fingerprint density at radius 1 is 1.48 bits per heavy atom. The Kier molecular flexibility index (Phi) is 3.87. The SMILES string of the molecule is Nc1nc(=O)n([C@]2(C=O)O[C@H](CO)[C@@H](O)[C@H]2O)cc1C=O. The van der Waals surface area contributed by atoms with Crippen molar-refractivity contribution in [1.82, 2.24) is 9.55 Å². The Bertz CT molecular complexity index is 631. The minimum atomic E-state index is -2.30. The van der Waals surface area contributed by atoms with Crippen LogP contribution in [0.15, 0.2) is 11.0 Å². The second-order valence-corrected chi connectivity index (χ2v) is 4.50. The molecule has 10 nitrogen and oxygen atoms in total. The Balaban J connectivity index is 2.65. The molecule has 2 rings (SSSR count). The fraction of sp³-hybridized carbons (Fsp3) is 0.455. The van der Waals surface area contributed by atoms with Crippen LogP contribution in [0.5, 0.6) is 0 Å². The second kappa shape index (κ2) is 5.33. The van der Waals surface area contributed by atoms with Crippen LogP contribution in [0.3, 0.4) is 0 Å². The van der Waals surface area contributed by atoms with Crippen LogP contribution in [-0.4, -0.2) is 62.4 Å². The summed E-state index contributed by atoms with van der Waals surface area (Å²) in [6, 6.07) is 0. The van der Waals surface area contributed by atoms with Crippen LogP contribution in [0.25, 0.3) is 0 Å². The zero-order valence-corrected chi connectivity index (χ0v) is 10.6. The fourth-order valence-electron chi connectivity index (χ4n) is 2.15. The summed E-state index contributed by atoms with van der Waals surface area (Å²) in [5.74, 6) is -0.348. The van der Waals surface area contributed by atoms with E-state index in [9.17, 15) is 24.6 Å². The molecule has 0 spiro atoms. The molecule has 0 aliphatic carbocycles. The minimum absolute atomic E-state index is 0.0877. The topological polar surface area (TPSA) is 165 Å². The van der Waals surface area contributed by atoms with Gasteiger partial charge in [-0.3, -0.25) is 14.2 Å². The number of nitrogens with two attached hydrogens (primary N) is 1. The molecule has 10 heteroatoms. The normalized spacial score (nSPS) is 32.0. The molecule has 1 saturated heterocycles. The van der Waals surface area contributed by atoms with E-state index in [0.29, 0.717) is 10.9 Å². The van der Waals surface area contributed by atoms with E-state index in [4.69, 9.17) is 15.6 Å². The second-order valence-electron chi connectivity index (χ2n) is 4.50. The minimum Gasteiger partial charge on any atom is -0.394 e. The van der Waals surface area contributed by atoms with E-state index in [0.717, 1.165) is 6.20 Å². The van der Waals surface area contributed by atoms with Crippen molar-refractivity contribution in [3.05, 3.63) is 22.2 Å². The van der Waals surface area contributed by atoms with Crippen molar-refractivity contribution in [2.75, 3.05) is 12.3 Å². The molecule has 0 bridgehead atoms. The number of hydrogen-bond acceptors (Lipinski definition) is 9. The van der Waals surface area contributed by atoms with Crippen molar-refractivity contribution < 1.29 is 29.6 Å². The first-order chi connectivity index (χ1) is 9.91. The maximum Gasteiger partial charge on any atom is 0.352 e. The molecule has 0 saturated carbocycles. The largest absolute Gasteiger partial charge is 0.394 e. The summed E-state index contributed by atoms with van der Waals surface area (Å²) < 4.78 is 5.69. The molecule has 1 aromatic heterocycles. The van der Waals surface area contributed by atoms with Gasteiger partial charge in [-0.05, 0) is 0 Å². The lowest BCUT2D eigenvalue weighted by atomic mass is 10.0. The Morgan fingerprint density at radius 3 is 2.62 bits per heavy atom. The number of rotatable bonds is 4. The fourth-order valence-corrected chi connectivity index (χ4v) is 2.15. The highest BCUT2D eigenvalue weighted by molar-refractivity contribution is 5.81. The molecular weight excluding hydrogens is 286 g/mol. The van der Waals surface area contributed by atoms with Crippen LogP contribution in [0.1, 0.15) is 10.4 Å². The van der Waals surface area contributed by atoms with Crippen molar-refractivity contribution in [2.45, 2.75) is 24.0 Å². The Labute approximate surface area is 117 Å². The van der Waals surface area contributed by atoms with Crippen molar-refractivity contribution in [3.8, 4) is 0 Å². The third-order valence-corrected chi connectivity index (χ3v) is 3.31. The van der Waals surface area contributed by atoms with Gasteiger partial charge in [0.05, 0.1) is 12.2 Å². The molecule has 21 heavy (non-hydrogen) atoms. The molecule has 0 unspecified atom stereocenters. The molecule has 2 heterocycles. The first kappa shape index (κ1) is 15.3. The predicted molar refractivity (Wildman–Crippen MR) is 66.3 cm³/mol. The van der Waals surface area contributed by atoms with E-state index in [1.54, 1.807) is 0 Å². The number of aliphatic hydroxyl groups excluding tert-OH is 3. The molecule has 1 aliphatic heterocycles. The standard InChI is InChI=1S/C11H13N3O7/c12-9-5(2-15)1-14(10(20)13-9)11(4-17)8(19)7(18)6(3-16)21-11/h1-2,4,6-8,16,18-19H,3H2,(H2,12,13,20)/t6-,7-,8-,11-/m1/s1. The van der Waals surface area contributed by atoms with Gasteiger partial charge in [0, 0.05) is 6.20 Å². The van der Waals surface area contributed by atoms with E-state index in [2.05, 4.69) is 4.98 Å². The highest BCUT2D eigenvalue weighted by Crippen LogP contribution is 2.33. The van der Waals surface area contributed by atoms with E-state index in [1.807, 2.05) is 0 Å². The Hall–Kier alpha value is -2.14. The van der Waals surface area contributed by atoms with E-state index in [1.165, 1.54) is 0 Å². The van der Waals surface area contributed by atoms with Crippen LogP contribution in [-0.2, 0) is 15.3 Å². The maximum absolute atomic E-state index is 11.9. The average molecular weight is 299 g/mol. The van der Waals surface area contributed by atoms with Gasteiger partial charge >= 0.3 is 5.69 Å². The number of carbonyl (C=O) groups is 2. The zero-order chi connectivity index (χ0) is 15.8. The van der Waals surface area contributed by atoms with Crippen LogP contribution < -0.4 is 11.4 Å². The third kappa shape index (κ3) is 2.14. The number of nitrogen functional groups attached to an aromatic ring is 1. The smallest absolute Gasteiger partial charge is 0.352 e. The predicted octanol–water partition coefficient (Wildman–Crippen LogP) is -3.40. The van der Waals surface area contributed by atoms with Crippen molar-refractivity contribution in [2.24, 2.45) is 0 Å². The van der Waals surface area contributed by atoms with E-state index in [-0.39, 0.29) is 17.7 Å². The van der Waals surface area contributed by atoms with Gasteiger partial charge in [0.1, 0.15) is 24.1 Å². The highest BCUT2D eigenvalue weighted by Gasteiger charge is 2.56. The third-order valence-electron chi connectivity index (χ3n) is 3.31. The summed E-state index contributed by atoms with van der Waals surface area (Å²) in [6.45, 7) is -0.689. The van der Waals surface area contributed by atoms with Gasteiger partial charge in [0.2, 0.25) is 5.72 Å². The summed E-state index contributed by atoms with van der Waals surface area (Å²) in [6.07, 6.45) is -3.45. The molecule has 4 atom stereocenters. The molecule has 1 aliphatic rings. The number of nitrogens with zero attached hydrogens (tertiary/aromatic N) is 2. The van der Waals surface area contributed by atoms with Crippen LogP contribution >= 0.6 is 0 Å². The zero-order valence-electron chi connectivity index (χ0n) is 10.6. The van der Waals surface area contributed by atoms with Gasteiger partial charge in [-0.15, -0.1) is 0 Å². The lowest BCUT2D eigenvalue weighted by molar-refractivity contribution is -0.162. The van der Waals surface area contributed by atoms with Crippen LogP contribution in [0.2, 0.25) is 0 Å². The van der Waals surface area contributed by atoms with Crippen molar-refractivity contribution >= 4 is 18.4 Å². The van der Waals surface area contributed by atoms with Gasteiger partial charge in [-0.25, -0.2) is 4.79 Å². The van der Waals surface area contributed by atoms with Gasteiger partial charge in [-0.1, -0.05) is 0 Å². The van der Waals surface area contributed by atoms with E-state index < -0.39 is 36.3 Å². The van der Waals surface area contributed by atoms with E-state index >= 15 is 0 Å². The first-order valence-corrected chi connectivity index (χ1v) is 5.87. The lowest BCUT2D eigenvalue weighted by Gasteiger charge is -2.28. The number of anilines is 1. The molecule has 114 valence electrons. The summed E-state index contributed by atoms with van der Waals surface area (Å²) >= 11 is 0. The molecule has 5 N–H and O–H groups in total. The molecule has 0 aromatic carbocycles. The number of hydrogen-bond donors (Lipinski definition) is 4. The van der Waals surface area contributed by atoms with Crippen LogP contribution in [0, 0.1) is 0 Å². The van der Waals surface area contributed by atoms with Gasteiger partial charge < -0.3 is 25.8 Å². The molecule has 1 aromatic rings. The molecule has 0 amide bonds. The highest BCUT2D eigenvalue weighted by atomic mass is 16.6. The number of aliphatic hydroxyl groups is 3. The van der Waals surface area contributed by atoms with Gasteiger partial charge in [0.25, 0.3) is 0 Å². The van der Waals surface area contributed by atoms with Gasteiger partial charge in [0.15, 0.2) is 12.6 Å². The monoisotopic (exact) mass is 299 g/mol. The first-order valence-electron chi connectivity index (χ1n) is 5.87. The maximum atomic E-state index is 11.9. The number of carbonyl (C=O) groups excluding carboxylic acids is 2. The quantitative estimate of drug-likeness (QED) is 0.414. The van der Waals surface area contributed by atoms with Crippen molar-refractivity contribution in [1.29, 1.82) is 0 Å². The summed E-state index contributed by atoms with van der Waals surface area (Å²) in [5, 5.41) is 28.8. The average Bonchev–Trinajstić information content (AvgIpc) is 2.72. The van der Waals surface area contributed by atoms with Crippen molar-refractivity contribution in [3.63, 3.8) is 0 Å². The van der Waals surface area contributed by atoms with Crippen LogP contribution in [0.4, 0.5) is 5.82 Å².